The Morgan fingerprint density at radius 1 is 1.16 bits per heavy atom. The van der Waals surface area contributed by atoms with Crippen molar-refractivity contribution in [2.45, 2.75) is 31.6 Å². The SMILES string of the molecule is Cc1ccc(NC(=O)COC(=O)C2(c3cccc(F)c3)CCC2)cc1. The quantitative estimate of drug-likeness (QED) is 0.843. The lowest BCUT2D eigenvalue weighted by Crippen LogP contribution is -2.44. The van der Waals surface area contributed by atoms with Gasteiger partial charge in [-0.15, -0.1) is 0 Å². The molecule has 0 atom stereocenters. The number of nitrogens with one attached hydrogen (secondary N) is 1. The zero-order valence-corrected chi connectivity index (χ0v) is 14.0. The third-order valence-corrected chi connectivity index (χ3v) is 4.64. The van der Waals surface area contributed by atoms with Crippen molar-refractivity contribution in [1.29, 1.82) is 0 Å². The van der Waals surface area contributed by atoms with E-state index in [9.17, 15) is 14.0 Å². The van der Waals surface area contributed by atoms with Crippen molar-refractivity contribution in [2.75, 3.05) is 11.9 Å². The van der Waals surface area contributed by atoms with Crippen LogP contribution in [0.3, 0.4) is 0 Å². The molecule has 25 heavy (non-hydrogen) atoms. The number of benzene rings is 2. The van der Waals surface area contributed by atoms with E-state index >= 15 is 0 Å². The molecule has 0 aliphatic heterocycles. The van der Waals surface area contributed by atoms with E-state index in [1.807, 2.05) is 19.1 Å². The highest BCUT2D eigenvalue weighted by molar-refractivity contribution is 5.94. The molecule has 0 radical (unpaired) electrons. The highest BCUT2D eigenvalue weighted by Crippen LogP contribution is 2.44. The summed E-state index contributed by atoms with van der Waals surface area (Å²) in [5.41, 5.74) is 1.52. The van der Waals surface area contributed by atoms with Gasteiger partial charge in [0.15, 0.2) is 6.61 Å². The standard InChI is InChI=1S/C20H20FNO3/c1-14-6-8-17(9-7-14)22-18(23)13-25-19(24)20(10-3-11-20)15-4-2-5-16(21)12-15/h2,4-9,12H,3,10-11,13H2,1H3,(H,22,23). The van der Waals surface area contributed by atoms with Gasteiger partial charge in [-0.1, -0.05) is 36.2 Å². The van der Waals surface area contributed by atoms with E-state index in [2.05, 4.69) is 5.32 Å². The number of carbonyl (C=O) groups is 2. The first-order valence-electron chi connectivity index (χ1n) is 8.29. The van der Waals surface area contributed by atoms with E-state index in [4.69, 9.17) is 4.74 Å². The predicted molar refractivity (Wildman–Crippen MR) is 92.7 cm³/mol. The lowest BCUT2D eigenvalue weighted by Gasteiger charge is -2.39. The molecular formula is C20H20FNO3. The summed E-state index contributed by atoms with van der Waals surface area (Å²) < 4.78 is 18.7. The summed E-state index contributed by atoms with van der Waals surface area (Å²) in [6, 6.07) is 13.4. The van der Waals surface area contributed by atoms with Crippen LogP contribution in [0.1, 0.15) is 30.4 Å². The van der Waals surface area contributed by atoms with Gasteiger partial charge in [0, 0.05) is 5.69 Å². The lowest BCUT2D eigenvalue weighted by molar-refractivity contribution is -0.156. The molecule has 0 spiro atoms. The molecule has 0 saturated heterocycles. The molecule has 5 heteroatoms. The fraction of sp³-hybridized carbons (Fsp3) is 0.300. The Balaban J connectivity index is 1.61. The number of rotatable bonds is 5. The zero-order chi connectivity index (χ0) is 17.9. The van der Waals surface area contributed by atoms with E-state index in [-0.39, 0.29) is 12.4 Å². The molecule has 1 aliphatic rings. The normalized spacial score (nSPS) is 15.1. The monoisotopic (exact) mass is 341 g/mol. The number of anilines is 1. The predicted octanol–water partition coefficient (Wildman–Crippen LogP) is 3.74. The van der Waals surface area contributed by atoms with Gasteiger partial charge in [0.1, 0.15) is 5.82 Å². The summed E-state index contributed by atoms with van der Waals surface area (Å²) in [6.45, 7) is 1.60. The summed E-state index contributed by atoms with van der Waals surface area (Å²) in [7, 11) is 0. The molecule has 1 N–H and O–H groups in total. The first-order valence-corrected chi connectivity index (χ1v) is 8.29. The number of esters is 1. The number of halogens is 1. The van der Waals surface area contributed by atoms with Crippen molar-refractivity contribution in [1.82, 2.24) is 0 Å². The molecule has 2 aromatic rings. The Hall–Kier alpha value is -2.69. The summed E-state index contributed by atoms with van der Waals surface area (Å²) in [4.78, 5) is 24.5. The first kappa shape index (κ1) is 17.1. The van der Waals surface area contributed by atoms with Crippen molar-refractivity contribution < 1.29 is 18.7 Å². The average Bonchev–Trinajstić information content (AvgIpc) is 2.54. The Kier molecular flexibility index (Phi) is 4.83. The molecule has 0 aromatic heterocycles. The van der Waals surface area contributed by atoms with Crippen LogP contribution >= 0.6 is 0 Å². The number of ether oxygens (including phenoxy) is 1. The molecule has 1 amide bonds. The largest absolute Gasteiger partial charge is 0.455 e. The number of amides is 1. The average molecular weight is 341 g/mol. The fourth-order valence-electron chi connectivity index (χ4n) is 3.03. The molecule has 1 saturated carbocycles. The van der Waals surface area contributed by atoms with Crippen LogP contribution in [-0.2, 0) is 19.7 Å². The number of aryl methyl sites for hydroxylation is 1. The Labute approximate surface area is 146 Å². The maximum Gasteiger partial charge on any atom is 0.317 e. The van der Waals surface area contributed by atoms with E-state index < -0.39 is 17.3 Å². The maximum absolute atomic E-state index is 13.5. The molecule has 4 nitrogen and oxygen atoms in total. The van der Waals surface area contributed by atoms with Gasteiger partial charge < -0.3 is 10.1 Å². The molecule has 3 rings (SSSR count). The van der Waals surface area contributed by atoms with E-state index in [1.54, 1.807) is 24.3 Å². The Bertz CT molecular complexity index is 782. The van der Waals surface area contributed by atoms with Gasteiger partial charge in [0.2, 0.25) is 0 Å². The van der Waals surface area contributed by atoms with Gasteiger partial charge in [-0.25, -0.2) is 4.39 Å². The minimum Gasteiger partial charge on any atom is -0.455 e. The maximum atomic E-state index is 13.5. The highest BCUT2D eigenvalue weighted by Gasteiger charge is 2.47. The van der Waals surface area contributed by atoms with E-state index in [1.165, 1.54) is 12.1 Å². The third-order valence-electron chi connectivity index (χ3n) is 4.64. The second-order valence-corrected chi connectivity index (χ2v) is 6.44. The van der Waals surface area contributed by atoms with Crippen molar-refractivity contribution in [3.8, 4) is 0 Å². The summed E-state index contributed by atoms with van der Waals surface area (Å²) in [6.07, 6.45) is 2.09. The van der Waals surface area contributed by atoms with E-state index in [0.29, 0.717) is 24.1 Å². The molecule has 2 aromatic carbocycles. The summed E-state index contributed by atoms with van der Waals surface area (Å²) >= 11 is 0. The van der Waals surface area contributed by atoms with Crippen molar-refractivity contribution in [2.24, 2.45) is 0 Å². The second kappa shape index (κ2) is 7.05. The van der Waals surface area contributed by atoms with Gasteiger partial charge in [0.25, 0.3) is 5.91 Å². The molecule has 130 valence electrons. The number of hydrogen-bond acceptors (Lipinski definition) is 3. The van der Waals surface area contributed by atoms with Crippen molar-refractivity contribution in [3.05, 3.63) is 65.5 Å². The van der Waals surface area contributed by atoms with Crippen LogP contribution in [0.2, 0.25) is 0 Å². The topological polar surface area (TPSA) is 55.4 Å². The fourth-order valence-corrected chi connectivity index (χ4v) is 3.03. The van der Waals surface area contributed by atoms with Crippen molar-refractivity contribution in [3.63, 3.8) is 0 Å². The first-order chi connectivity index (χ1) is 12.0. The zero-order valence-electron chi connectivity index (χ0n) is 14.0. The minimum atomic E-state index is -0.827. The molecular weight excluding hydrogens is 321 g/mol. The molecule has 0 heterocycles. The summed E-state index contributed by atoms with van der Waals surface area (Å²) in [5.74, 6) is -1.25. The van der Waals surface area contributed by atoms with Gasteiger partial charge in [-0.2, -0.15) is 0 Å². The van der Waals surface area contributed by atoms with Crippen LogP contribution in [0.15, 0.2) is 48.5 Å². The molecule has 0 bridgehead atoms. The van der Waals surface area contributed by atoms with Crippen molar-refractivity contribution >= 4 is 17.6 Å². The summed E-state index contributed by atoms with van der Waals surface area (Å²) in [5, 5.41) is 2.68. The second-order valence-electron chi connectivity index (χ2n) is 6.44. The van der Waals surface area contributed by atoms with Gasteiger partial charge in [-0.3, -0.25) is 9.59 Å². The van der Waals surface area contributed by atoms with E-state index in [0.717, 1.165) is 12.0 Å². The number of carbonyl (C=O) groups excluding carboxylic acids is 2. The lowest BCUT2D eigenvalue weighted by atomic mass is 9.64. The van der Waals surface area contributed by atoms with Crippen LogP contribution in [-0.4, -0.2) is 18.5 Å². The third kappa shape index (κ3) is 3.71. The molecule has 0 unspecified atom stereocenters. The number of hydrogen-bond donors (Lipinski definition) is 1. The Morgan fingerprint density at radius 2 is 1.88 bits per heavy atom. The van der Waals surface area contributed by atoms with Gasteiger partial charge in [-0.05, 0) is 49.6 Å². The Morgan fingerprint density at radius 3 is 2.48 bits per heavy atom. The van der Waals surface area contributed by atoms with Gasteiger partial charge >= 0.3 is 5.97 Å². The van der Waals surface area contributed by atoms with Crippen LogP contribution in [0.25, 0.3) is 0 Å². The minimum absolute atomic E-state index is 0.357. The van der Waals surface area contributed by atoms with Crippen LogP contribution in [0.5, 0.6) is 0 Å². The van der Waals surface area contributed by atoms with Crippen LogP contribution in [0.4, 0.5) is 10.1 Å². The molecule has 1 fully saturated rings. The van der Waals surface area contributed by atoms with Crippen LogP contribution in [0, 0.1) is 12.7 Å². The van der Waals surface area contributed by atoms with Crippen LogP contribution < -0.4 is 5.32 Å². The van der Waals surface area contributed by atoms with Gasteiger partial charge in [0.05, 0.1) is 5.41 Å². The highest BCUT2D eigenvalue weighted by atomic mass is 19.1. The molecule has 1 aliphatic carbocycles. The smallest absolute Gasteiger partial charge is 0.317 e.